The molecule has 1 unspecified atom stereocenters. The fraction of sp³-hybridized carbons (Fsp3) is 0.409. The highest BCUT2D eigenvalue weighted by Gasteiger charge is 2.49. The maximum absolute atomic E-state index is 13.8. The third-order valence-corrected chi connectivity index (χ3v) is 6.41. The first kappa shape index (κ1) is 20.6. The molecule has 2 fully saturated rings. The summed E-state index contributed by atoms with van der Waals surface area (Å²) in [6.45, 7) is -0.108. The third kappa shape index (κ3) is 3.26. The molecule has 1 aliphatic carbocycles. The van der Waals surface area contributed by atoms with Crippen LogP contribution in [0.15, 0.2) is 29.2 Å². The first-order valence-corrected chi connectivity index (χ1v) is 10.5. The van der Waals surface area contributed by atoms with Gasteiger partial charge in [0.1, 0.15) is 17.2 Å². The normalized spacial score (nSPS) is 24.0. The number of fused-ring (bicyclic) bond motifs is 4. The fourth-order valence-corrected chi connectivity index (χ4v) is 4.85. The minimum atomic E-state index is -0.986. The number of amides is 2. The number of aromatic hydroxyl groups is 1. The molecule has 168 valence electrons. The molecular formula is C22H21F2N3O5. The van der Waals surface area contributed by atoms with E-state index in [1.165, 1.54) is 16.8 Å². The van der Waals surface area contributed by atoms with Gasteiger partial charge in [-0.25, -0.2) is 8.78 Å². The second-order valence-corrected chi connectivity index (χ2v) is 8.33. The van der Waals surface area contributed by atoms with E-state index < -0.39 is 40.9 Å². The number of hydrogen-bond acceptors (Lipinski definition) is 5. The molecule has 2 N–H and O–H groups in total. The van der Waals surface area contributed by atoms with Crippen molar-refractivity contribution in [2.24, 2.45) is 0 Å². The SMILES string of the molecule is O=C(NCc1ccc(F)cc1F)c1cn2c(c(O)c1=O)C(=O)N1C(C2)O[C@H]2CCCC[C@H]21. The van der Waals surface area contributed by atoms with Crippen LogP contribution < -0.4 is 10.7 Å². The van der Waals surface area contributed by atoms with Crippen LogP contribution in [0, 0.1) is 11.6 Å². The molecule has 0 radical (unpaired) electrons. The van der Waals surface area contributed by atoms with Crippen molar-refractivity contribution in [2.75, 3.05) is 0 Å². The van der Waals surface area contributed by atoms with Gasteiger partial charge in [-0.15, -0.1) is 0 Å². The molecule has 2 aliphatic heterocycles. The minimum Gasteiger partial charge on any atom is -0.503 e. The predicted octanol–water partition coefficient (Wildman–Crippen LogP) is 1.89. The summed E-state index contributed by atoms with van der Waals surface area (Å²) in [5.74, 6) is -3.72. The summed E-state index contributed by atoms with van der Waals surface area (Å²) < 4.78 is 34.3. The lowest BCUT2D eigenvalue weighted by molar-refractivity contribution is -0.0167. The topological polar surface area (TPSA) is 101 Å². The average molecular weight is 445 g/mol. The van der Waals surface area contributed by atoms with Crippen molar-refractivity contribution in [3.63, 3.8) is 0 Å². The Labute approximate surface area is 181 Å². The van der Waals surface area contributed by atoms with Crippen LogP contribution in [0.25, 0.3) is 0 Å². The second kappa shape index (κ2) is 7.70. The summed E-state index contributed by atoms with van der Waals surface area (Å²) in [4.78, 5) is 40.0. The zero-order valence-electron chi connectivity index (χ0n) is 17.0. The highest BCUT2D eigenvalue weighted by molar-refractivity contribution is 5.99. The first-order chi connectivity index (χ1) is 15.3. The van der Waals surface area contributed by atoms with Crippen molar-refractivity contribution in [1.82, 2.24) is 14.8 Å². The van der Waals surface area contributed by atoms with Gasteiger partial charge in [0.25, 0.3) is 11.8 Å². The zero-order chi connectivity index (χ0) is 22.6. The molecule has 3 atom stereocenters. The molecule has 2 amide bonds. The van der Waals surface area contributed by atoms with Gasteiger partial charge in [-0.1, -0.05) is 18.9 Å². The van der Waals surface area contributed by atoms with Crippen molar-refractivity contribution < 1.29 is 28.2 Å². The van der Waals surface area contributed by atoms with Gasteiger partial charge in [0.2, 0.25) is 5.43 Å². The van der Waals surface area contributed by atoms with Crippen molar-refractivity contribution in [2.45, 2.75) is 57.1 Å². The van der Waals surface area contributed by atoms with Crippen molar-refractivity contribution >= 4 is 11.8 Å². The smallest absolute Gasteiger partial charge is 0.276 e. The molecule has 1 aromatic heterocycles. The molecule has 1 saturated carbocycles. The number of ether oxygens (including phenoxy) is 1. The number of rotatable bonds is 3. The highest BCUT2D eigenvalue weighted by atomic mass is 19.1. The molecule has 3 heterocycles. The Bertz CT molecular complexity index is 1180. The maximum atomic E-state index is 13.8. The molecule has 5 rings (SSSR count). The summed E-state index contributed by atoms with van der Waals surface area (Å²) in [5, 5.41) is 12.9. The summed E-state index contributed by atoms with van der Waals surface area (Å²) in [5.41, 5.74) is -1.50. The summed E-state index contributed by atoms with van der Waals surface area (Å²) in [6.07, 6.45) is 4.26. The number of nitrogens with one attached hydrogen (secondary N) is 1. The summed E-state index contributed by atoms with van der Waals surface area (Å²) >= 11 is 0. The van der Waals surface area contributed by atoms with Crippen LogP contribution in [0.2, 0.25) is 0 Å². The van der Waals surface area contributed by atoms with Crippen LogP contribution in [-0.2, 0) is 17.8 Å². The standard InChI is InChI=1S/C22H21F2N3O5/c23-12-6-5-11(14(24)7-12)8-25-21(30)13-9-26-10-17-27(15-3-1-2-4-16(15)32-17)22(31)18(26)20(29)19(13)28/h5-7,9,15-17,29H,1-4,8,10H2,(H,25,30)/t15-,16+,17?/m1/s1. The molecular weight excluding hydrogens is 424 g/mol. The molecule has 1 saturated heterocycles. The lowest BCUT2D eigenvalue weighted by Crippen LogP contribution is -2.50. The van der Waals surface area contributed by atoms with Gasteiger partial charge in [-0.2, -0.15) is 0 Å². The maximum Gasteiger partial charge on any atom is 0.276 e. The lowest BCUT2D eigenvalue weighted by Gasteiger charge is -2.35. The van der Waals surface area contributed by atoms with E-state index in [1.807, 2.05) is 0 Å². The summed E-state index contributed by atoms with van der Waals surface area (Å²) in [6, 6.07) is 2.85. The predicted molar refractivity (Wildman–Crippen MR) is 107 cm³/mol. The van der Waals surface area contributed by atoms with Gasteiger partial charge < -0.3 is 24.6 Å². The number of carbonyl (C=O) groups excluding carboxylic acids is 2. The molecule has 10 heteroatoms. The Morgan fingerprint density at radius 2 is 2.00 bits per heavy atom. The van der Waals surface area contributed by atoms with Crippen LogP contribution in [-0.4, -0.2) is 44.8 Å². The van der Waals surface area contributed by atoms with E-state index in [-0.39, 0.29) is 42.1 Å². The molecule has 1 aromatic carbocycles. The second-order valence-electron chi connectivity index (χ2n) is 8.33. The van der Waals surface area contributed by atoms with Gasteiger partial charge in [0.05, 0.1) is 18.7 Å². The van der Waals surface area contributed by atoms with E-state index in [4.69, 9.17) is 4.74 Å². The van der Waals surface area contributed by atoms with Crippen LogP contribution in [0.1, 0.15) is 52.1 Å². The monoisotopic (exact) mass is 445 g/mol. The van der Waals surface area contributed by atoms with Crippen LogP contribution in [0.5, 0.6) is 5.75 Å². The number of carbonyl (C=O) groups is 2. The molecule has 3 aliphatic rings. The number of halogens is 2. The highest BCUT2D eigenvalue weighted by Crippen LogP contribution is 2.38. The molecule has 8 nitrogen and oxygen atoms in total. The van der Waals surface area contributed by atoms with Crippen LogP contribution in [0.3, 0.4) is 0 Å². The molecule has 32 heavy (non-hydrogen) atoms. The molecule has 0 spiro atoms. The third-order valence-electron chi connectivity index (χ3n) is 6.41. The van der Waals surface area contributed by atoms with E-state index in [2.05, 4.69) is 5.32 Å². The van der Waals surface area contributed by atoms with Gasteiger partial charge in [-0.3, -0.25) is 14.4 Å². The summed E-state index contributed by atoms with van der Waals surface area (Å²) in [7, 11) is 0. The molecule has 0 bridgehead atoms. The number of nitrogens with zero attached hydrogens (tertiary/aromatic N) is 2. The fourth-order valence-electron chi connectivity index (χ4n) is 4.85. The minimum absolute atomic E-state index is 0.0369. The van der Waals surface area contributed by atoms with Gasteiger partial charge in [0, 0.05) is 24.4 Å². The first-order valence-electron chi connectivity index (χ1n) is 10.5. The van der Waals surface area contributed by atoms with Crippen molar-refractivity contribution in [3.8, 4) is 5.75 Å². The number of pyridine rings is 1. The van der Waals surface area contributed by atoms with Gasteiger partial charge in [0.15, 0.2) is 17.7 Å². The quantitative estimate of drug-likeness (QED) is 0.752. The average Bonchev–Trinajstić information content (AvgIpc) is 3.14. The van der Waals surface area contributed by atoms with Gasteiger partial charge >= 0.3 is 0 Å². The lowest BCUT2D eigenvalue weighted by atomic mass is 9.92. The Hall–Kier alpha value is -3.27. The van der Waals surface area contributed by atoms with Crippen LogP contribution >= 0.6 is 0 Å². The van der Waals surface area contributed by atoms with E-state index in [9.17, 15) is 28.3 Å². The Morgan fingerprint density at radius 1 is 1.22 bits per heavy atom. The number of benzene rings is 1. The van der Waals surface area contributed by atoms with Gasteiger partial charge in [-0.05, 0) is 18.9 Å². The zero-order valence-corrected chi connectivity index (χ0v) is 17.0. The largest absolute Gasteiger partial charge is 0.503 e. The van der Waals surface area contributed by atoms with Crippen molar-refractivity contribution in [3.05, 3.63) is 63.1 Å². The number of aromatic nitrogens is 1. The van der Waals surface area contributed by atoms with Crippen molar-refractivity contribution in [1.29, 1.82) is 0 Å². The Balaban J connectivity index is 1.42. The van der Waals surface area contributed by atoms with E-state index in [0.717, 1.165) is 31.7 Å². The molecule has 2 aromatic rings. The van der Waals surface area contributed by atoms with E-state index >= 15 is 0 Å². The Kier molecular flexibility index (Phi) is 4.96. The van der Waals surface area contributed by atoms with Crippen LogP contribution in [0.4, 0.5) is 8.78 Å². The number of hydrogen-bond donors (Lipinski definition) is 2. The van der Waals surface area contributed by atoms with E-state index in [1.54, 1.807) is 4.90 Å². The Morgan fingerprint density at radius 3 is 2.78 bits per heavy atom. The van der Waals surface area contributed by atoms with E-state index in [0.29, 0.717) is 6.07 Å².